The van der Waals surface area contributed by atoms with Crippen molar-refractivity contribution in [3.8, 4) is 5.75 Å². The van der Waals surface area contributed by atoms with Crippen LogP contribution in [-0.4, -0.2) is 33.7 Å². The first kappa shape index (κ1) is 21.9. The van der Waals surface area contributed by atoms with Crippen molar-refractivity contribution in [1.29, 1.82) is 0 Å². The minimum atomic E-state index is -1.25. The summed E-state index contributed by atoms with van der Waals surface area (Å²) in [6.45, 7) is -0.394. The van der Waals surface area contributed by atoms with Crippen LogP contribution in [0, 0.1) is 0 Å². The number of hydrogen-bond acceptors (Lipinski definition) is 5. The van der Waals surface area contributed by atoms with Gasteiger partial charge in [0.05, 0.1) is 13.9 Å². The van der Waals surface area contributed by atoms with Crippen LogP contribution in [0.15, 0.2) is 50.2 Å². The van der Waals surface area contributed by atoms with Crippen LogP contribution in [0.25, 0.3) is 6.08 Å². The van der Waals surface area contributed by atoms with Gasteiger partial charge in [-0.05, 0) is 73.5 Å². The molecule has 3 rings (SSSR count). The number of carbonyl (C=O) groups is 3. The van der Waals surface area contributed by atoms with Crippen LogP contribution in [0.2, 0.25) is 5.02 Å². The summed E-state index contributed by atoms with van der Waals surface area (Å²) >= 11 is 13.7. The Labute approximate surface area is 192 Å². The molecule has 29 heavy (non-hydrogen) atoms. The van der Waals surface area contributed by atoms with Gasteiger partial charge in [-0.2, -0.15) is 0 Å². The van der Waals surface area contributed by atoms with E-state index < -0.39 is 23.7 Å². The maximum Gasteiger partial charge on any atom is 0.323 e. The van der Waals surface area contributed by atoms with E-state index >= 15 is 0 Å². The lowest BCUT2D eigenvalue weighted by molar-refractivity contribution is -0.140. The lowest BCUT2D eigenvalue weighted by Crippen LogP contribution is -2.33. The van der Waals surface area contributed by atoms with E-state index in [1.54, 1.807) is 18.2 Å². The third-order valence-electron chi connectivity index (χ3n) is 3.82. The van der Waals surface area contributed by atoms with E-state index in [0.717, 1.165) is 5.56 Å². The molecule has 0 spiro atoms. The number of rotatable bonds is 6. The summed E-state index contributed by atoms with van der Waals surface area (Å²) in [5.41, 5.74) is 1.47. The zero-order chi connectivity index (χ0) is 21.1. The molecule has 2 aromatic carbocycles. The van der Waals surface area contributed by atoms with Crippen molar-refractivity contribution in [1.82, 2.24) is 4.90 Å². The Morgan fingerprint density at radius 1 is 1.21 bits per heavy atom. The highest BCUT2D eigenvalue weighted by molar-refractivity contribution is 9.11. The Morgan fingerprint density at radius 2 is 1.86 bits per heavy atom. The number of aliphatic carboxylic acids is 1. The molecule has 2 amide bonds. The monoisotopic (exact) mass is 559 g/mol. The van der Waals surface area contributed by atoms with Gasteiger partial charge in [0.15, 0.2) is 0 Å². The molecular weight excluding hydrogens is 550 g/mol. The van der Waals surface area contributed by atoms with Gasteiger partial charge in [0.1, 0.15) is 18.9 Å². The van der Waals surface area contributed by atoms with Crippen LogP contribution in [0.5, 0.6) is 5.75 Å². The van der Waals surface area contributed by atoms with E-state index in [4.69, 9.17) is 21.4 Å². The summed E-state index contributed by atoms with van der Waals surface area (Å²) in [6, 6.07) is 10.8. The number of imide groups is 1. The fourth-order valence-corrected chi connectivity index (χ4v) is 4.97. The van der Waals surface area contributed by atoms with Gasteiger partial charge in [0, 0.05) is 10.6 Å². The molecule has 0 saturated carbocycles. The van der Waals surface area contributed by atoms with Crippen LogP contribution in [0.1, 0.15) is 11.1 Å². The number of carboxylic acid groups (broad SMARTS) is 1. The Kier molecular flexibility index (Phi) is 7.05. The number of carboxylic acids is 1. The van der Waals surface area contributed by atoms with Gasteiger partial charge in [-0.25, -0.2) is 0 Å². The number of hydrogen-bond donors (Lipinski definition) is 1. The molecule has 0 radical (unpaired) electrons. The summed E-state index contributed by atoms with van der Waals surface area (Å²) in [6.07, 6.45) is 1.53. The van der Waals surface area contributed by atoms with Crippen molar-refractivity contribution in [3.63, 3.8) is 0 Å². The van der Waals surface area contributed by atoms with E-state index in [1.165, 1.54) is 6.08 Å². The summed E-state index contributed by atoms with van der Waals surface area (Å²) in [5, 5.41) is 8.82. The molecule has 1 aliphatic heterocycles. The lowest BCUT2D eigenvalue weighted by atomic mass is 10.2. The van der Waals surface area contributed by atoms with E-state index in [9.17, 15) is 14.4 Å². The fraction of sp³-hybridized carbons (Fsp3) is 0.105. The molecule has 10 heteroatoms. The Bertz CT molecular complexity index is 1020. The highest BCUT2D eigenvalue weighted by Gasteiger charge is 2.36. The van der Waals surface area contributed by atoms with Crippen LogP contribution >= 0.6 is 55.2 Å². The number of amides is 2. The summed E-state index contributed by atoms with van der Waals surface area (Å²) in [4.78, 5) is 35.8. The van der Waals surface area contributed by atoms with Gasteiger partial charge in [-0.1, -0.05) is 29.8 Å². The SMILES string of the molecule is O=C(O)CN1C(=O)S/C(=C/c2cc(Br)c(OCc3ccccc3Cl)c(Br)c2)C1=O. The first-order valence-corrected chi connectivity index (χ1v) is 10.9. The third kappa shape index (κ3) is 5.22. The first-order chi connectivity index (χ1) is 13.8. The molecular formula is C19H12Br2ClNO5S. The standard InChI is InChI=1S/C19H12Br2ClNO5S/c20-12-5-10(7-15-18(26)23(8-16(24)25)19(27)29-15)6-13(21)17(12)28-9-11-3-1-2-4-14(11)22/h1-7H,8-9H2,(H,24,25)/b15-7+. The number of ether oxygens (including phenoxy) is 1. The average molecular weight is 562 g/mol. The molecule has 0 atom stereocenters. The zero-order valence-corrected chi connectivity index (χ0v) is 19.3. The van der Waals surface area contributed by atoms with Crippen LogP contribution in [-0.2, 0) is 16.2 Å². The number of halogens is 3. The topological polar surface area (TPSA) is 83.9 Å². The largest absolute Gasteiger partial charge is 0.486 e. The van der Waals surface area contributed by atoms with Crippen molar-refractivity contribution < 1.29 is 24.2 Å². The molecule has 0 bridgehead atoms. The molecule has 150 valence electrons. The van der Waals surface area contributed by atoms with Crippen LogP contribution < -0.4 is 4.74 Å². The number of benzene rings is 2. The highest BCUT2D eigenvalue weighted by atomic mass is 79.9. The maximum atomic E-state index is 12.3. The van der Waals surface area contributed by atoms with Gasteiger partial charge >= 0.3 is 5.97 Å². The van der Waals surface area contributed by atoms with Crippen LogP contribution in [0.3, 0.4) is 0 Å². The summed E-state index contributed by atoms with van der Waals surface area (Å²) in [5.74, 6) is -1.33. The van der Waals surface area contributed by atoms with E-state index in [2.05, 4.69) is 31.9 Å². The quantitative estimate of drug-likeness (QED) is 0.465. The van der Waals surface area contributed by atoms with E-state index in [-0.39, 0.29) is 11.5 Å². The van der Waals surface area contributed by atoms with Gasteiger partial charge in [0.25, 0.3) is 11.1 Å². The molecule has 1 heterocycles. The highest BCUT2D eigenvalue weighted by Crippen LogP contribution is 2.38. The fourth-order valence-electron chi connectivity index (χ4n) is 2.49. The summed E-state index contributed by atoms with van der Waals surface area (Å²) < 4.78 is 7.13. The molecule has 6 nitrogen and oxygen atoms in total. The second kappa shape index (κ2) is 9.34. The number of carbonyl (C=O) groups excluding carboxylic acids is 2. The van der Waals surface area contributed by atoms with Crippen molar-refractivity contribution in [2.24, 2.45) is 0 Å². The van der Waals surface area contributed by atoms with Gasteiger partial charge in [-0.15, -0.1) is 0 Å². The Balaban J connectivity index is 1.80. The lowest BCUT2D eigenvalue weighted by Gasteiger charge is -2.12. The van der Waals surface area contributed by atoms with Crippen molar-refractivity contribution >= 4 is 78.4 Å². The Hall–Kier alpha value is -1.81. The van der Waals surface area contributed by atoms with Crippen molar-refractivity contribution in [2.45, 2.75) is 6.61 Å². The second-order valence-electron chi connectivity index (χ2n) is 5.86. The molecule has 1 fully saturated rings. The molecule has 1 N–H and O–H groups in total. The van der Waals surface area contributed by atoms with Gasteiger partial charge in [0.2, 0.25) is 0 Å². The predicted molar refractivity (Wildman–Crippen MR) is 118 cm³/mol. The van der Waals surface area contributed by atoms with Gasteiger partial charge in [-0.3, -0.25) is 19.3 Å². The number of thioether (sulfide) groups is 1. The minimum Gasteiger partial charge on any atom is -0.486 e. The predicted octanol–water partition coefficient (Wildman–Crippen LogP) is 5.56. The van der Waals surface area contributed by atoms with Crippen LogP contribution in [0.4, 0.5) is 4.79 Å². The smallest absolute Gasteiger partial charge is 0.323 e. The zero-order valence-electron chi connectivity index (χ0n) is 14.5. The molecule has 2 aromatic rings. The molecule has 1 saturated heterocycles. The third-order valence-corrected chi connectivity index (χ3v) is 6.27. The van der Waals surface area contributed by atoms with E-state index in [0.29, 0.717) is 41.9 Å². The van der Waals surface area contributed by atoms with Crippen molar-refractivity contribution in [3.05, 3.63) is 66.4 Å². The Morgan fingerprint density at radius 3 is 2.48 bits per heavy atom. The first-order valence-electron chi connectivity index (χ1n) is 8.08. The van der Waals surface area contributed by atoms with Gasteiger partial charge < -0.3 is 9.84 Å². The molecule has 0 aromatic heterocycles. The summed E-state index contributed by atoms with van der Waals surface area (Å²) in [7, 11) is 0. The molecule has 0 unspecified atom stereocenters. The molecule has 0 aliphatic carbocycles. The van der Waals surface area contributed by atoms with Crippen molar-refractivity contribution in [2.75, 3.05) is 6.54 Å². The maximum absolute atomic E-state index is 12.3. The number of nitrogens with zero attached hydrogens (tertiary/aromatic N) is 1. The average Bonchev–Trinajstić information content (AvgIpc) is 2.89. The normalized spacial score (nSPS) is 15.3. The van der Waals surface area contributed by atoms with E-state index in [1.807, 2.05) is 18.2 Å². The molecule has 1 aliphatic rings. The minimum absolute atomic E-state index is 0.153. The second-order valence-corrected chi connectivity index (χ2v) is 8.96.